The summed E-state index contributed by atoms with van der Waals surface area (Å²) >= 11 is 0. The fourth-order valence-corrected chi connectivity index (χ4v) is 2.07. The van der Waals surface area contributed by atoms with E-state index >= 15 is 0 Å². The number of hydrogen-bond acceptors (Lipinski definition) is 3. The van der Waals surface area contributed by atoms with Crippen LogP contribution in [0.3, 0.4) is 0 Å². The third kappa shape index (κ3) is 6.83. The first-order valence-corrected chi connectivity index (χ1v) is 6.89. The third-order valence-corrected chi connectivity index (χ3v) is 3.72. The molecule has 0 aliphatic carbocycles. The topological polar surface area (TPSA) is 75.4 Å². The van der Waals surface area contributed by atoms with E-state index in [9.17, 15) is 8.42 Å². The molecule has 6 heteroatoms. The van der Waals surface area contributed by atoms with Gasteiger partial charge in [0, 0.05) is 20.1 Å². The molecule has 0 saturated heterocycles. The molecular weight excluding hydrogens is 214 g/mol. The van der Waals surface area contributed by atoms with Crippen molar-refractivity contribution < 1.29 is 8.42 Å². The van der Waals surface area contributed by atoms with Gasteiger partial charge in [0.25, 0.3) is 10.2 Å². The fraction of sp³-hybridized carbons (Fsp3) is 1.00. The van der Waals surface area contributed by atoms with Gasteiger partial charge in [0.2, 0.25) is 0 Å². The molecule has 0 spiro atoms. The molecule has 92 valence electrons. The largest absolute Gasteiger partial charge is 0.330 e. The normalized spacial score (nSPS) is 12.3. The Morgan fingerprint density at radius 3 is 2.47 bits per heavy atom. The Kier molecular flexibility index (Phi) is 7.95. The summed E-state index contributed by atoms with van der Waals surface area (Å²) in [6.45, 7) is 3.68. The van der Waals surface area contributed by atoms with Gasteiger partial charge in [0.1, 0.15) is 0 Å². The Morgan fingerprint density at radius 1 is 1.27 bits per heavy atom. The summed E-state index contributed by atoms with van der Waals surface area (Å²) in [5.74, 6) is 0. The highest BCUT2D eigenvalue weighted by Crippen LogP contribution is 1.98. The van der Waals surface area contributed by atoms with Gasteiger partial charge in [-0.2, -0.15) is 12.7 Å². The molecule has 0 rings (SSSR count). The van der Waals surface area contributed by atoms with Crippen molar-refractivity contribution in [2.45, 2.75) is 32.6 Å². The second-order valence-electron chi connectivity index (χ2n) is 3.57. The molecule has 0 atom stereocenters. The number of nitrogens with two attached hydrogens (primary N) is 1. The van der Waals surface area contributed by atoms with E-state index in [1.165, 1.54) is 4.31 Å². The summed E-state index contributed by atoms with van der Waals surface area (Å²) in [6, 6.07) is 0. The van der Waals surface area contributed by atoms with E-state index in [0.717, 1.165) is 25.7 Å². The van der Waals surface area contributed by atoms with Crippen molar-refractivity contribution in [3.63, 3.8) is 0 Å². The molecule has 0 heterocycles. The predicted octanol–water partition coefficient (Wildman–Crippen LogP) is 0.292. The quantitative estimate of drug-likeness (QED) is 0.566. The number of hydrogen-bond donors (Lipinski definition) is 2. The van der Waals surface area contributed by atoms with E-state index in [1.54, 1.807) is 7.05 Å². The van der Waals surface area contributed by atoms with Gasteiger partial charge in [-0.25, -0.2) is 4.72 Å². The lowest BCUT2D eigenvalue weighted by molar-refractivity contribution is 0.448. The van der Waals surface area contributed by atoms with E-state index in [2.05, 4.69) is 4.72 Å². The maximum absolute atomic E-state index is 11.6. The molecule has 0 saturated carbocycles. The SMILES string of the molecule is CCCCN(C)S(=O)(=O)NCCCCN. The van der Waals surface area contributed by atoms with Crippen molar-refractivity contribution in [1.82, 2.24) is 9.03 Å². The van der Waals surface area contributed by atoms with Gasteiger partial charge in [-0.1, -0.05) is 13.3 Å². The molecule has 0 aromatic carbocycles. The zero-order valence-corrected chi connectivity index (χ0v) is 10.5. The summed E-state index contributed by atoms with van der Waals surface area (Å²) in [5, 5.41) is 0. The summed E-state index contributed by atoms with van der Waals surface area (Å²) in [6.07, 6.45) is 3.52. The maximum Gasteiger partial charge on any atom is 0.279 e. The minimum Gasteiger partial charge on any atom is -0.330 e. The van der Waals surface area contributed by atoms with Crippen LogP contribution < -0.4 is 10.5 Å². The smallest absolute Gasteiger partial charge is 0.279 e. The first-order chi connectivity index (χ1) is 7.04. The highest BCUT2D eigenvalue weighted by molar-refractivity contribution is 7.87. The number of unbranched alkanes of at least 4 members (excludes halogenated alkanes) is 2. The molecule has 0 unspecified atom stereocenters. The van der Waals surface area contributed by atoms with Crippen LogP contribution in [0.25, 0.3) is 0 Å². The minimum absolute atomic E-state index is 0.468. The van der Waals surface area contributed by atoms with Gasteiger partial charge >= 0.3 is 0 Å². The zero-order chi connectivity index (χ0) is 11.7. The molecule has 0 aliphatic rings. The molecule has 5 nitrogen and oxygen atoms in total. The van der Waals surface area contributed by atoms with E-state index in [0.29, 0.717) is 19.6 Å². The summed E-state index contributed by atoms with van der Waals surface area (Å²) in [7, 11) is -1.67. The zero-order valence-electron chi connectivity index (χ0n) is 9.70. The standard InChI is InChI=1S/C9H23N3O2S/c1-3-4-9-12(2)15(13,14)11-8-6-5-7-10/h11H,3-10H2,1-2H3. The van der Waals surface area contributed by atoms with Crippen LogP contribution in [0.2, 0.25) is 0 Å². The number of rotatable bonds is 9. The van der Waals surface area contributed by atoms with Crippen LogP contribution >= 0.6 is 0 Å². The number of nitrogens with one attached hydrogen (secondary N) is 1. The highest BCUT2D eigenvalue weighted by Gasteiger charge is 2.15. The molecule has 0 amide bonds. The van der Waals surface area contributed by atoms with E-state index in [1.807, 2.05) is 6.92 Å². The third-order valence-electron chi connectivity index (χ3n) is 2.15. The van der Waals surface area contributed by atoms with Crippen LogP contribution in [-0.2, 0) is 10.2 Å². The summed E-state index contributed by atoms with van der Waals surface area (Å²) < 4.78 is 27.1. The molecule has 15 heavy (non-hydrogen) atoms. The summed E-state index contributed by atoms with van der Waals surface area (Å²) in [4.78, 5) is 0. The van der Waals surface area contributed by atoms with Crippen molar-refractivity contribution in [3.05, 3.63) is 0 Å². The van der Waals surface area contributed by atoms with Gasteiger partial charge in [-0.05, 0) is 25.8 Å². The second kappa shape index (κ2) is 8.04. The second-order valence-corrected chi connectivity index (χ2v) is 5.43. The fourth-order valence-electron chi connectivity index (χ4n) is 1.08. The number of nitrogens with zero attached hydrogens (tertiary/aromatic N) is 1. The molecule has 0 aromatic rings. The lowest BCUT2D eigenvalue weighted by atomic mass is 10.3. The van der Waals surface area contributed by atoms with Crippen LogP contribution in [0.1, 0.15) is 32.6 Å². The van der Waals surface area contributed by atoms with Crippen LogP contribution in [0.4, 0.5) is 0 Å². The molecule has 0 radical (unpaired) electrons. The lowest BCUT2D eigenvalue weighted by Gasteiger charge is -2.17. The molecule has 0 bridgehead atoms. The van der Waals surface area contributed by atoms with Gasteiger partial charge in [-0.3, -0.25) is 0 Å². The van der Waals surface area contributed by atoms with Gasteiger partial charge in [0.15, 0.2) is 0 Å². The highest BCUT2D eigenvalue weighted by atomic mass is 32.2. The van der Waals surface area contributed by atoms with Crippen LogP contribution in [0, 0.1) is 0 Å². The maximum atomic E-state index is 11.6. The van der Waals surface area contributed by atoms with Crippen LogP contribution in [0.5, 0.6) is 0 Å². The Bertz CT molecular complexity index is 242. The molecule has 3 N–H and O–H groups in total. The average Bonchev–Trinajstić information content (AvgIpc) is 2.21. The van der Waals surface area contributed by atoms with E-state index in [4.69, 9.17) is 5.73 Å². The van der Waals surface area contributed by atoms with Crippen molar-refractivity contribution in [3.8, 4) is 0 Å². The molecule has 0 fully saturated rings. The molecule has 0 aliphatic heterocycles. The molecular formula is C9H23N3O2S. The van der Waals surface area contributed by atoms with Gasteiger partial charge in [-0.15, -0.1) is 0 Å². The molecule has 0 aromatic heterocycles. The van der Waals surface area contributed by atoms with Crippen LogP contribution in [-0.4, -0.2) is 39.4 Å². The van der Waals surface area contributed by atoms with E-state index < -0.39 is 10.2 Å². The summed E-state index contributed by atoms with van der Waals surface area (Å²) in [5.41, 5.74) is 5.32. The predicted molar refractivity (Wildman–Crippen MR) is 62.7 cm³/mol. The lowest BCUT2D eigenvalue weighted by Crippen LogP contribution is -2.39. The first-order valence-electron chi connectivity index (χ1n) is 5.45. The first kappa shape index (κ1) is 14.8. The van der Waals surface area contributed by atoms with Crippen molar-refractivity contribution in [2.75, 3.05) is 26.7 Å². The van der Waals surface area contributed by atoms with Crippen molar-refractivity contribution in [1.29, 1.82) is 0 Å². The van der Waals surface area contributed by atoms with Crippen LogP contribution in [0.15, 0.2) is 0 Å². The van der Waals surface area contributed by atoms with Gasteiger partial charge in [0.05, 0.1) is 0 Å². The Hall–Kier alpha value is -0.170. The Balaban J connectivity index is 3.84. The van der Waals surface area contributed by atoms with Crippen molar-refractivity contribution in [2.24, 2.45) is 5.73 Å². The average molecular weight is 237 g/mol. The monoisotopic (exact) mass is 237 g/mol. The minimum atomic E-state index is -3.27. The van der Waals surface area contributed by atoms with E-state index in [-0.39, 0.29) is 0 Å². The Morgan fingerprint density at radius 2 is 1.93 bits per heavy atom. The Labute approximate surface area is 93.2 Å². The van der Waals surface area contributed by atoms with Gasteiger partial charge < -0.3 is 5.73 Å². The van der Waals surface area contributed by atoms with Crippen molar-refractivity contribution >= 4 is 10.2 Å².